The lowest BCUT2D eigenvalue weighted by molar-refractivity contribution is 0.305. The molecule has 0 spiro atoms. The molecule has 2 aromatic rings. The lowest BCUT2D eigenvalue weighted by atomic mass is 10.1. The molecule has 0 saturated carbocycles. The summed E-state index contributed by atoms with van der Waals surface area (Å²) in [6, 6.07) is 16.8. The summed E-state index contributed by atoms with van der Waals surface area (Å²) in [4.78, 5) is 2.22. The van der Waals surface area contributed by atoms with E-state index in [4.69, 9.17) is 4.74 Å². The fourth-order valence-electron chi connectivity index (χ4n) is 2.32. The number of hydrogen-bond acceptors (Lipinski definition) is 2. The molecular formula is C19H25NO. The van der Waals surface area contributed by atoms with Crippen LogP contribution in [-0.2, 0) is 13.0 Å². The molecule has 21 heavy (non-hydrogen) atoms. The van der Waals surface area contributed by atoms with Crippen molar-refractivity contribution in [3.63, 3.8) is 0 Å². The van der Waals surface area contributed by atoms with Crippen molar-refractivity contribution in [3.05, 3.63) is 65.2 Å². The minimum atomic E-state index is 0.633. The average Bonchev–Trinajstić information content (AvgIpc) is 2.46. The quantitative estimate of drug-likeness (QED) is 0.759. The minimum absolute atomic E-state index is 0.633. The van der Waals surface area contributed by atoms with Gasteiger partial charge in [-0.3, -0.25) is 0 Å². The van der Waals surface area contributed by atoms with E-state index in [1.165, 1.54) is 23.1 Å². The zero-order chi connectivity index (χ0) is 15.1. The van der Waals surface area contributed by atoms with E-state index in [9.17, 15) is 0 Å². The number of rotatable bonds is 7. The van der Waals surface area contributed by atoms with E-state index in [1.807, 2.05) is 6.07 Å². The summed E-state index contributed by atoms with van der Waals surface area (Å²) in [6.07, 6.45) is 2.27. The van der Waals surface area contributed by atoms with Crippen molar-refractivity contribution in [2.24, 2.45) is 0 Å². The molecule has 0 N–H and O–H groups in total. The molecule has 0 aliphatic heterocycles. The third-order valence-corrected chi connectivity index (χ3v) is 3.62. The summed E-state index contributed by atoms with van der Waals surface area (Å²) in [5.74, 6) is 0.959. The van der Waals surface area contributed by atoms with Gasteiger partial charge in [0.25, 0.3) is 0 Å². The molecule has 0 aliphatic carbocycles. The van der Waals surface area contributed by atoms with Crippen LogP contribution in [0, 0.1) is 6.92 Å². The molecule has 0 atom stereocenters. The summed E-state index contributed by atoms with van der Waals surface area (Å²) < 4.78 is 5.93. The third kappa shape index (κ3) is 5.24. The largest absolute Gasteiger partial charge is 0.489 e. The van der Waals surface area contributed by atoms with Gasteiger partial charge in [-0.15, -0.1) is 0 Å². The van der Waals surface area contributed by atoms with Crippen LogP contribution in [0.1, 0.15) is 23.1 Å². The van der Waals surface area contributed by atoms with Crippen LogP contribution in [0.2, 0.25) is 0 Å². The van der Waals surface area contributed by atoms with Gasteiger partial charge in [0.05, 0.1) is 0 Å². The smallest absolute Gasteiger partial charge is 0.120 e. The average molecular weight is 283 g/mol. The highest BCUT2D eigenvalue weighted by atomic mass is 16.5. The summed E-state index contributed by atoms with van der Waals surface area (Å²) >= 11 is 0. The van der Waals surface area contributed by atoms with E-state index in [1.54, 1.807) is 0 Å². The molecule has 0 radical (unpaired) electrons. The van der Waals surface area contributed by atoms with Crippen LogP contribution in [0.15, 0.2) is 48.5 Å². The van der Waals surface area contributed by atoms with E-state index in [-0.39, 0.29) is 0 Å². The van der Waals surface area contributed by atoms with Crippen LogP contribution in [-0.4, -0.2) is 25.5 Å². The number of ether oxygens (including phenoxy) is 1. The highest BCUT2D eigenvalue weighted by Crippen LogP contribution is 2.17. The second-order valence-corrected chi connectivity index (χ2v) is 5.77. The predicted molar refractivity (Wildman–Crippen MR) is 88.8 cm³/mol. The molecule has 0 heterocycles. The van der Waals surface area contributed by atoms with Gasteiger partial charge in [0, 0.05) is 0 Å². The third-order valence-electron chi connectivity index (χ3n) is 3.62. The summed E-state index contributed by atoms with van der Waals surface area (Å²) in [6.45, 7) is 3.87. The van der Waals surface area contributed by atoms with Gasteiger partial charge in [0.2, 0.25) is 0 Å². The second kappa shape index (κ2) is 7.84. The molecule has 2 aromatic carbocycles. The van der Waals surface area contributed by atoms with Gasteiger partial charge in [-0.2, -0.15) is 0 Å². The summed E-state index contributed by atoms with van der Waals surface area (Å²) in [7, 11) is 4.23. The van der Waals surface area contributed by atoms with Gasteiger partial charge in [0.15, 0.2) is 0 Å². The lowest BCUT2D eigenvalue weighted by Crippen LogP contribution is -2.13. The van der Waals surface area contributed by atoms with Gasteiger partial charge < -0.3 is 9.64 Å². The lowest BCUT2D eigenvalue weighted by Gasteiger charge is -2.11. The molecule has 0 fully saturated rings. The molecule has 0 saturated heterocycles. The molecule has 2 rings (SSSR count). The highest BCUT2D eigenvalue weighted by molar-refractivity contribution is 5.30. The van der Waals surface area contributed by atoms with Crippen molar-refractivity contribution in [1.82, 2.24) is 4.90 Å². The van der Waals surface area contributed by atoms with Crippen LogP contribution in [0.5, 0.6) is 5.75 Å². The first-order valence-corrected chi connectivity index (χ1v) is 7.56. The fourth-order valence-corrected chi connectivity index (χ4v) is 2.32. The van der Waals surface area contributed by atoms with Crippen molar-refractivity contribution in [2.75, 3.05) is 20.6 Å². The Hall–Kier alpha value is -1.80. The Morgan fingerprint density at radius 2 is 1.81 bits per heavy atom. The number of hydrogen-bond donors (Lipinski definition) is 0. The molecule has 2 nitrogen and oxygen atoms in total. The van der Waals surface area contributed by atoms with Crippen LogP contribution < -0.4 is 4.74 Å². The normalized spacial score (nSPS) is 10.9. The summed E-state index contributed by atoms with van der Waals surface area (Å²) in [5, 5.41) is 0. The monoisotopic (exact) mass is 283 g/mol. The Kier molecular flexibility index (Phi) is 5.82. The number of nitrogens with zero attached hydrogens (tertiary/aromatic N) is 1. The summed E-state index contributed by atoms with van der Waals surface area (Å²) in [5.41, 5.74) is 3.87. The van der Waals surface area contributed by atoms with Gasteiger partial charge in [0.1, 0.15) is 12.4 Å². The molecule has 0 aliphatic rings. The SMILES string of the molecule is Cc1ccccc1COc1cccc(CCCN(C)C)c1. The molecular weight excluding hydrogens is 258 g/mol. The number of aryl methyl sites for hydroxylation is 2. The van der Waals surface area contributed by atoms with E-state index in [0.29, 0.717) is 6.61 Å². The first kappa shape index (κ1) is 15.6. The maximum Gasteiger partial charge on any atom is 0.120 e. The van der Waals surface area contributed by atoms with Crippen LogP contribution in [0.4, 0.5) is 0 Å². The Morgan fingerprint density at radius 1 is 1.00 bits per heavy atom. The molecule has 0 amide bonds. The van der Waals surface area contributed by atoms with Crippen molar-refractivity contribution >= 4 is 0 Å². The standard InChI is InChI=1S/C19H25NO/c1-16-8-4-5-11-18(16)15-21-19-12-6-9-17(14-19)10-7-13-20(2)3/h4-6,8-9,11-12,14H,7,10,13,15H2,1-3H3. The van der Waals surface area contributed by atoms with Gasteiger partial charge >= 0.3 is 0 Å². The fraction of sp³-hybridized carbons (Fsp3) is 0.368. The molecule has 2 heteroatoms. The number of benzene rings is 2. The minimum Gasteiger partial charge on any atom is -0.489 e. The van der Waals surface area contributed by atoms with E-state index < -0.39 is 0 Å². The topological polar surface area (TPSA) is 12.5 Å². The van der Waals surface area contributed by atoms with Crippen LogP contribution in [0.25, 0.3) is 0 Å². The van der Waals surface area contributed by atoms with Crippen LogP contribution in [0.3, 0.4) is 0 Å². The van der Waals surface area contributed by atoms with Crippen LogP contribution >= 0.6 is 0 Å². The first-order chi connectivity index (χ1) is 10.1. The van der Waals surface area contributed by atoms with Crippen molar-refractivity contribution < 1.29 is 4.74 Å². The van der Waals surface area contributed by atoms with E-state index >= 15 is 0 Å². The van der Waals surface area contributed by atoms with Gasteiger partial charge in [-0.05, 0) is 69.2 Å². The van der Waals surface area contributed by atoms with Crippen molar-refractivity contribution in [3.8, 4) is 5.75 Å². The van der Waals surface area contributed by atoms with Crippen molar-refractivity contribution in [1.29, 1.82) is 0 Å². The van der Waals surface area contributed by atoms with E-state index in [2.05, 4.69) is 68.4 Å². The maximum absolute atomic E-state index is 5.93. The zero-order valence-corrected chi connectivity index (χ0v) is 13.3. The maximum atomic E-state index is 5.93. The molecule has 0 aromatic heterocycles. The first-order valence-electron chi connectivity index (χ1n) is 7.56. The Labute approximate surface area is 128 Å². The zero-order valence-electron chi connectivity index (χ0n) is 13.3. The van der Waals surface area contributed by atoms with Gasteiger partial charge in [-0.25, -0.2) is 0 Å². The van der Waals surface area contributed by atoms with E-state index in [0.717, 1.165) is 18.7 Å². The molecule has 0 bridgehead atoms. The molecule has 112 valence electrons. The predicted octanol–water partition coefficient (Wildman–Crippen LogP) is 4.07. The van der Waals surface area contributed by atoms with Crippen molar-refractivity contribution in [2.45, 2.75) is 26.4 Å². The second-order valence-electron chi connectivity index (χ2n) is 5.77. The molecule has 0 unspecified atom stereocenters. The Bertz CT molecular complexity index is 563. The Balaban J connectivity index is 1.90. The highest BCUT2D eigenvalue weighted by Gasteiger charge is 2.01. The van der Waals surface area contributed by atoms with Gasteiger partial charge in [-0.1, -0.05) is 36.4 Å². The Morgan fingerprint density at radius 3 is 2.57 bits per heavy atom.